The summed E-state index contributed by atoms with van der Waals surface area (Å²) in [6.45, 7) is 6.03. The third-order valence-corrected chi connectivity index (χ3v) is 5.14. The van der Waals surface area contributed by atoms with Gasteiger partial charge in [0.15, 0.2) is 0 Å². The fourth-order valence-corrected chi connectivity index (χ4v) is 3.12. The second kappa shape index (κ2) is 8.68. The number of rotatable bonds is 8. The van der Waals surface area contributed by atoms with Crippen LogP contribution < -0.4 is 10.1 Å². The van der Waals surface area contributed by atoms with Gasteiger partial charge >= 0.3 is 0 Å². The highest BCUT2D eigenvalue weighted by Gasteiger charge is 2.22. The van der Waals surface area contributed by atoms with E-state index in [2.05, 4.69) is 17.1 Å². The number of amides is 1. The van der Waals surface area contributed by atoms with E-state index in [0.29, 0.717) is 18.0 Å². The number of carbonyl (C=O) groups excluding carboxylic acids is 1. The van der Waals surface area contributed by atoms with Crippen LogP contribution in [0.15, 0.2) is 24.3 Å². The van der Waals surface area contributed by atoms with Gasteiger partial charge in [-0.15, -0.1) is 0 Å². The third kappa shape index (κ3) is 6.01. The summed E-state index contributed by atoms with van der Waals surface area (Å²) >= 11 is 0. The van der Waals surface area contributed by atoms with Gasteiger partial charge in [0.05, 0.1) is 12.7 Å². The molecule has 1 saturated heterocycles. The Morgan fingerprint density at radius 2 is 1.92 bits per heavy atom. The number of aliphatic hydroxyl groups is 1. The van der Waals surface area contributed by atoms with Gasteiger partial charge in [0.2, 0.25) is 0 Å². The maximum atomic E-state index is 12.2. The van der Waals surface area contributed by atoms with Gasteiger partial charge in [-0.05, 0) is 74.9 Å². The molecule has 3 rings (SSSR count). The highest BCUT2D eigenvalue weighted by atomic mass is 16.5. The van der Waals surface area contributed by atoms with Crippen LogP contribution >= 0.6 is 0 Å². The van der Waals surface area contributed by atoms with E-state index in [1.165, 1.54) is 25.7 Å². The topological polar surface area (TPSA) is 61.8 Å². The summed E-state index contributed by atoms with van der Waals surface area (Å²) in [5, 5.41) is 13.0. The minimum absolute atomic E-state index is 0.153. The van der Waals surface area contributed by atoms with Crippen LogP contribution in [-0.4, -0.2) is 54.8 Å². The first-order valence-electron chi connectivity index (χ1n) is 9.51. The molecule has 2 aliphatic rings. The van der Waals surface area contributed by atoms with Gasteiger partial charge in [-0.3, -0.25) is 4.79 Å². The maximum Gasteiger partial charge on any atom is 0.251 e. The Balaban J connectivity index is 1.37. The SMILES string of the molecule is CC1CCN(CC(O)CNC(=O)c2ccc(OCC3CC3)cc2)CC1. The van der Waals surface area contributed by atoms with Gasteiger partial charge in [-0.2, -0.15) is 0 Å². The Morgan fingerprint density at radius 1 is 1.24 bits per heavy atom. The molecule has 2 N–H and O–H groups in total. The molecule has 1 atom stereocenters. The fourth-order valence-electron chi connectivity index (χ4n) is 3.12. The molecule has 0 aromatic heterocycles. The second-order valence-electron chi connectivity index (χ2n) is 7.63. The first-order chi connectivity index (χ1) is 12.1. The number of ether oxygens (including phenoxy) is 1. The predicted octanol–water partition coefficient (Wildman–Crippen LogP) is 2.30. The van der Waals surface area contributed by atoms with E-state index in [-0.39, 0.29) is 12.5 Å². The number of β-amino-alcohol motifs (C(OH)–C–C–N with tert-alkyl or cyclic N) is 1. The quantitative estimate of drug-likeness (QED) is 0.758. The molecule has 1 aromatic rings. The van der Waals surface area contributed by atoms with Crippen LogP contribution in [-0.2, 0) is 0 Å². The number of nitrogens with one attached hydrogen (secondary N) is 1. The molecule has 1 aromatic carbocycles. The predicted molar refractivity (Wildman–Crippen MR) is 97.8 cm³/mol. The van der Waals surface area contributed by atoms with E-state index in [1.54, 1.807) is 12.1 Å². The van der Waals surface area contributed by atoms with Crippen molar-refractivity contribution in [3.63, 3.8) is 0 Å². The Hall–Kier alpha value is -1.59. The average molecular weight is 346 g/mol. The summed E-state index contributed by atoms with van der Waals surface area (Å²) in [5.41, 5.74) is 0.595. The summed E-state index contributed by atoms with van der Waals surface area (Å²) < 4.78 is 5.68. The van der Waals surface area contributed by atoms with Gasteiger partial charge in [0.1, 0.15) is 5.75 Å². The van der Waals surface area contributed by atoms with Crippen molar-refractivity contribution in [2.45, 2.75) is 38.7 Å². The van der Waals surface area contributed by atoms with Crippen LogP contribution in [0.2, 0.25) is 0 Å². The van der Waals surface area contributed by atoms with Crippen LogP contribution in [0.3, 0.4) is 0 Å². The minimum atomic E-state index is -0.529. The van der Waals surface area contributed by atoms with Gasteiger partial charge in [-0.25, -0.2) is 0 Å². The number of carbonyl (C=O) groups is 1. The molecule has 0 radical (unpaired) electrons. The summed E-state index contributed by atoms with van der Waals surface area (Å²) in [7, 11) is 0. The van der Waals surface area contributed by atoms with E-state index in [0.717, 1.165) is 31.4 Å². The lowest BCUT2D eigenvalue weighted by molar-refractivity contribution is 0.0795. The number of piperidine rings is 1. The Morgan fingerprint density at radius 3 is 2.56 bits per heavy atom. The molecule has 25 heavy (non-hydrogen) atoms. The molecule has 0 bridgehead atoms. The largest absolute Gasteiger partial charge is 0.493 e. The Labute approximate surface area is 150 Å². The molecule has 138 valence electrons. The number of hydrogen-bond acceptors (Lipinski definition) is 4. The van der Waals surface area contributed by atoms with Crippen LogP contribution in [0.4, 0.5) is 0 Å². The van der Waals surface area contributed by atoms with Crippen molar-refractivity contribution in [2.24, 2.45) is 11.8 Å². The van der Waals surface area contributed by atoms with E-state index in [9.17, 15) is 9.90 Å². The van der Waals surface area contributed by atoms with Crippen molar-refractivity contribution in [3.8, 4) is 5.75 Å². The maximum absolute atomic E-state index is 12.2. The summed E-state index contributed by atoms with van der Waals surface area (Å²) in [6, 6.07) is 7.22. The number of benzene rings is 1. The van der Waals surface area contributed by atoms with E-state index >= 15 is 0 Å². The molecule has 1 amide bonds. The first kappa shape index (κ1) is 18.2. The number of aliphatic hydroxyl groups excluding tert-OH is 1. The third-order valence-electron chi connectivity index (χ3n) is 5.14. The Kier molecular flexibility index (Phi) is 6.32. The molecule has 1 aliphatic carbocycles. The van der Waals surface area contributed by atoms with Gasteiger partial charge in [-0.1, -0.05) is 6.92 Å². The standard InChI is InChI=1S/C20H30N2O3/c1-15-8-10-22(11-9-15)13-18(23)12-21-20(24)17-4-6-19(7-5-17)25-14-16-2-3-16/h4-7,15-16,18,23H,2-3,8-14H2,1H3,(H,21,24). The zero-order valence-corrected chi connectivity index (χ0v) is 15.1. The van der Waals surface area contributed by atoms with E-state index in [1.807, 2.05) is 12.1 Å². The molecule has 1 heterocycles. The normalized spacial score (nSPS) is 20.2. The smallest absolute Gasteiger partial charge is 0.251 e. The molecular formula is C20H30N2O3. The number of nitrogens with zero attached hydrogens (tertiary/aromatic N) is 1. The highest BCUT2D eigenvalue weighted by Crippen LogP contribution is 2.29. The molecular weight excluding hydrogens is 316 g/mol. The Bertz CT molecular complexity index is 549. The van der Waals surface area contributed by atoms with Crippen molar-refractivity contribution in [1.82, 2.24) is 10.2 Å². The number of hydrogen-bond donors (Lipinski definition) is 2. The molecule has 5 nitrogen and oxygen atoms in total. The molecule has 1 saturated carbocycles. The van der Waals surface area contributed by atoms with Crippen LogP contribution in [0, 0.1) is 11.8 Å². The van der Waals surface area contributed by atoms with Crippen molar-refractivity contribution in [2.75, 3.05) is 32.8 Å². The summed E-state index contributed by atoms with van der Waals surface area (Å²) in [5.74, 6) is 2.15. The molecule has 5 heteroatoms. The van der Waals surface area contributed by atoms with Crippen molar-refractivity contribution < 1.29 is 14.6 Å². The minimum Gasteiger partial charge on any atom is -0.493 e. The lowest BCUT2D eigenvalue weighted by Crippen LogP contribution is -2.43. The van der Waals surface area contributed by atoms with Crippen LogP contribution in [0.1, 0.15) is 43.0 Å². The molecule has 1 aliphatic heterocycles. The zero-order chi connectivity index (χ0) is 17.6. The van der Waals surface area contributed by atoms with Gasteiger partial charge in [0, 0.05) is 18.7 Å². The second-order valence-corrected chi connectivity index (χ2v) is 7.63. The van der Waals surface area contributed by atoms with Crippen LogP contribution in [0.5, 0.6) is 5.75 Å². The monoisotopic (exact) mass is 346 g/mol. The average Bonchev–Trinajstić information content (AvgIpc) is 3.45. The van der Waals surface area contributed by atoms with Crippen LogP contribution in [0.25, 0.3) is 0 Å². The lowest BCUT2D eigenvalue weighted by Gasteiger charge is -2.31. The molecule has 0 spiro atoms. The van der Waals surface area contributed by atoms with Crippen molar-refractivity contribution in [1.29, 1.82) is 0 Å². The molecule has 1 unspecified atom stereocenters. The van der Waals surface area contributed by atoms with E-state index in [4.69, 9.17) is 4.74 Å². The van der Waals surface area contributed by atoms with Gasteiger partial charge < -0.3 is 20.1 Å². The van der Waals surface area contributed by atoms with Crippen molar-refractivity contribution >= 4 is 5.91 Å². The highest BCUT2D eigenvalue weighted by molar-refractivity contribution is 5.94. The first-order valence-corrected chi connectivity index (χ1v) is 9.51. The summed E-state index contributed by atoms with van der Waals surface area (Å²) in [4.78, 5) is 14.5. The number of likely N-dealkylation sites (tertiary alicyclic amines) is 1. The van der Waals surface area contributed by atoms with E-state index < -0.39 is 6.10 Å². The van der Waals surface area contributed by atoms with Crippen molar-refractivity contribution in [3.05, 3.63) is 29.8 Å². The summed E-state index contributed by atoms with van der Waals surface area (Å²) in [6.07, 6.45) is 4.37. The lowest BCUT2D eigenvalue weighted by atomic mass is 9.99. The fraction of sp³-hybridized carbons (Fsp3) is 0.650. The molecule has 2 fully saturated rings. The van der Waals surface area contributed by atoms with Gasteiger partial charge in [0.25, 0.3) is 5.91 Å². The zero-order valence-electron chi connectivity index (χ0n) is 15.1.